The number of nitrogens with one attached hydrogen (secondary N) is 1. The molecular formula is C22H25NO5. The fourth-order valence-electron chi connectivity index (χ4n) is 2.37. The summed E-state index contributed by atoms with van der Waals surface area (Å²) < 4.78 is 10.2. The zero-order valence-corrected chi connectivity index (χ0v) is 16.2. The zero-order chi connectivity index (χ0) is 20.4. The van der Waals surface area contributed by atoms with E-state index in [0.717, 1.165) is 24.8 Å². The van der Waals surface area contributed by atoms with E-state index < -0.39 is 24.5 Å². The van der Waals surface area contributed by atoms with E-state index in [1.807, 2.05) is 26.0 Å². The first-order valence-corrected chi connectivity index (χ1v) is 9.36. The zero-order valence-electron chi connectivity index (χ0n) is 16.2. The Morgan fingerprint density at radius 1 is 0.821 bits per heavy atom. The normalized spacial score (nSPS) is 10.2. The van der Waals surface area contributed by atoms with Gasteiger partial charge in [-0.15, -0.1) is 0 Å². The quantitative estimate of drug-likeness (QED) is 0.523. The van der Waals surface area contributed by atoms with Crippen molar-refractivity contribution in [2.75, 3.05) is 18.5 Å². The van der Waals surface area contributed by atoms with Gasteiger partial charge in [-0.2, -0.15) is 0 Å². The number of unbranched alkanes of at least 4 members (excludes halogenated alkanes) is 1. The van der Waals surface area contributed by atoms with Crippen molar-refractivity contribution in [3.8, 4) is 0 Å². The van der Waals surface area contributed by atoms with Crippen LogP contribution in [0.1, 0.15) is 53.0 Å². The largest absolute Gasteiger partial charge is 0.462 e. The topological polar surface area (TPSA) is 81.7 Å². The molecule has 0 bridgehead atoms. The summed E-state index contributed by atoms with van der Waals surface area (Å²) in [5.41, 5.74) is 2.43. The first kappa shape index (κ1) is 21.2. The number of hydrogen-bond donors (Lipinski definition) is 1. The molecule has 6 heteroatoms. The van der Waals surface area contributed by atoms with Crippen LogP contribution >= 0.6 is 0 Å². The highest BCUT2D eigenvalue weighted by atomic mass is 16.5. The number of hydrogen-bond acceptors (Lipinski definition) is 5. The van der Waals surface area contributed by atoms with E-state index in [0.29, 0.717) is 23.4 Å². The van der Waals surface area contributed by atoms with Crippen LogP contribution in [0.4, 0.5) is 5.69 Å². The van der Waals surface area contributed by atoms with Crippen molar-refractivity contribution in [3.63, 3.8) is 0 Å². The fourth-order valence-corrected chi connectivity index (χ4v) is 2.37. The summed E-state index contributed by atoms with van der Waals surface area (Å²) >= 11 is 0. The van der Waals surface area contributed by atoms with Gasteiger partial charge in [0.25, 0.3) is 5.91 Å². The Balaban J connectivity index is 1.80. The summed E-state index contributed by atoms with van der Waals surface area (Å²) in [5, 5.41) is 2.62. The molecule has 148 valence electrons. The third-order valence-electron chi connectivity index (χ3n) is 4.07. The average molecular weight is 383 g/mol. The molecule has 0 saturated carbocycles. The molecular weight excluding hydrogens is 358 g/mol. The van der Waals surface area contributed by atoms with E-state index in [2.05, 4.69) is 5.32 Å². The molecule has 0 aromatic heterocycles. The van der Waals surface area contributed by atoms with Crippen molar-refractivity contribution in [3.05, 3.63) is 65.2 Å². The molecule has 2 aromatic rings. The van der Waals surface area contributed by atoms with Crippen LogP contribution in [0.15, 0.2) is 48.5 Å². The van der Waals surface area contributed by atoms with Crippen molar-refractivity contribution >= 4 is 23.5 Å². The summed E-state index contributed by atoms with van der Waals surface area (Å²) in [6.45, 7) is 4.04. The molecule has 0 atom stereocenters. The molecule has 0 aliphatic rings. The van der Waals surface area contributed by atoms with Crippen molar-refractivity contribution < 1.29 is 23.9 Å². The van der Waals surface area contributed by atoms with E-state index in [-0.39, 0.29) is 0 Å². The molecule has 2 aromatic carbocycles. The van der Waals surface area contributed by atoms with Gasteiger partial charge in [-0.25, -0.2) is 9.59 Å². The highest BCUT2D eigenvalue weighted by Crippen LogP contribution is 2.11. The van der Waals surface area contributed by atoms with Crippen LogP contribution < -0.4 is 5.32 Å². The van der Waals surface area contributed by atoms with Gasteiger partial charge in [-0.05, 0) is 54.8 Å². The molecule has 0 saturated heterocycles. The highest BCUT2D eigenvalue weighted by molar-refractivity contribution is 5.96. The van der Waals surface area contributed by atoms with Crippen LogP contribution in [0.3, 0.4) is 0 Å². The van der Waals surface area contributed by atoms with Gasteiger partial charge < -0.3 is 14.8 Å². The lowest BCUT2D eigenvalue weighted by atomic mass is 10.1. The number of ether oxygens (including phenoxy) is 2. The summed E-state index contributed by atoms with van der Waals surface area (Å²) in [4.78, 5) is 35.8. The summed E-state index contributed by atoms with van der Waals surface area (Å²) in [5.74, 6) is -1.41. The van der Waals surface area contributed by atoms with Gasteiger partial charge in [0.2, 0.25) is 0 Å². The highest BCUT2D eigenvalue weighted by Gasteiger charge is 2.11. The number of anilines is 1. The minimum absolute atomic E-state index is 0.389. The van der Waals surface area contributed by atoms with Crippen molar-refractivity contribution in [2.24, 2.45) is 0 Å². The van der Waals surface area contributed by atoms with E-state index in [4.69, 9.17) is 9.47 Å². The number of esters is 2. The van der Waals surface area contributed by atoms with Gasteiger partial charge in [0.1, 0.15) is 0 Å². The molecule has 1 N–H and O–H groups in total. The summed E-state index contributed by atoms with van der Waals surface area (Å²) in [6, 6.07) is 13.4. The van der Waals surface area contributed by atoms with E-state index in [1.165, 1.54) is 0 Å². The van der Waals surface area contributed by atoms with Gasteiger partial charge in [0, 0.05) is 5.69 Å². The van der Waals surface area contributed by atoms with Crippen LogP contribution in [-0.2, 0) is 20.7 Å². The number of carbonyl (C=O) groups is 3. The first-order chi connectivity index (χ1) is 13.5. The van der Waals surface area contributed by atoms with Gasteiger partial charge in [0.15, 0.2) is 6.61 Å². The minimum atomic E-state index is -0.553. The third kappa shape index (κ3) is 6.54. The average Bonchev–Trinajstić information content (AvgIpc) is 2.72. The Bertz CT molecular complexity index is 797. The smallest absolute Gasteiger partial charge is 0.338 e. The number of rotatable bonds is 9. The van der Waals surface area contributed by atoms with Gasteiger partial charge in [-0.3, -0.25) is 4.79 Å². The molecule has 0 spiro atoms. The predicted octanol–water partition coefficient (Wildman–Crippen LogP) is 4.00. The van der Waals surface area contributed by atoms with Crippen LogP contribution in [0, 0.1) is 0 Å². The molecule has 0 unspecified atom stereocenters. The van der Waals surface area contributed by atoms with E-state index in [9.17, 15) is 14.4 Å². The summed E-state index contributed by atoms with van der Waals surface area (Å²) in [6.07, 6.45) is 2.65. The number of benzene rings is 2. The fraction of sp³-hybridized carbons (Fsp3) is 0.318. The maximum Gasteiger partial charge on any atom is 0.338 e. The van der Waals surface area contributed by atoms with Crippen molar-refractivity contribution in [1.82, 2.24) is 0 Å². The monoisotopic (exact) mass is 383 g/mol. The van der Waals surface area contributed by atoms with E-state index >= 15 is 0 Å². The Hall–Kier alpha value is -3.15. The Morgan fingerprint density at radius 2 is 1.39 bits per heavy atom. The molecule has 0 fully saturated rings. The lowest BCUT2D eigenvalue weighted by Gasteiger charge is -2.08. The van der Waals surface area contributed by atoms with Crippen molar-refractivity contribution in [2.45, 2.75) is 33.1 Å². The van der Waals surface area contributed by atoms with Crippen molar-refractivity contribution in [1.29, 1.82) is 0 Å². The number of carbonyl (C=O) groups excluding carboxylic acids is 3. The second-order valence-corrected chi connectivity index (χ2v) is 6.24. The number of amides is 1. The molecule has 2 rings (SSSR count). The minimum Gasteiger partial charge on any atom is -0.462 e. The van der Waals surface area contributed by atoms with Crippen LogP contribution in [0.25, 0.3) is 0 Å². The molecule has 6 nitrogen and oxygen atoms in total. The lowest BCUT2D eigenvalue weighted by Crippen LogP contribution is -2.21. The molecule has 0 aliphatic heterocycles. The lowest BCUT2D eigenvalue weighted by molar-refractivity contribution is -0.119. The predicted molar refractivity (Wildman–Crippen MR) is 106 cm³/mol. The van der Waals surface area contributed by atoms with Gasteiger partial charge >= 0.3 is 11.9 Å². The first-order valence-electron chi connectivity index (χ1n) is 9.36. The van der Waals surface area contributed by atoms with Crippen LogP contribution in [-0.4, -0.2) is 31.1 Å². The number of aryl methyl sites for hydroxylation is 1. The summed E-state index contributed by atoms with van der Waals surface area (Å²) in [7, 11) is 0. The maximum absolute atomic E-state index is 12.0. The molecule has 28 heavy (non-hydrogen) atoms. The van der Waals surface area contributed by atoms with Gasteiger partial charge in [0.05, 0.1) is 17.7 Å². The van der Waals surface area contributed by atoms with Crippen LogP contribution in [0.2, 0.25) is 0 Å². The molecule has 0 radical (unpaired) electrons. The standard InChI is InChI=1S/C22H25NO5/c1-3-5-14-27-21(25)18-10-12-19(13-11-18)23-20(24)15-28-22(26)17-8-6-16(4-2)7-9-17/h6-13H,3-5,14-15H2,1-2H3,(H,23,24). The van der Waals surface area contributed by atoms with Crippen LogP contribution in [0.5, 0.6) is 0 Å². The third-order valence-corrected chi connectivity index (χ3v) is 4.07. The second-order valence-electron chi connectivity index (χ2n) is 6.24. The van der Waals surface area contributed by atoms with E-state index in [1.54, 1.807) is 36.4 Å². The Kier molecular flexibility index (Phi) is 8.21. The van der Waals surface area contributed by atoms with Gasteiger partial charge in [-0.1, -0.05) is 32.4 Å². The molecule has 0 aliphatic carbocycles. The molecule has 0 heterocycles. The molecule has 1 amide bonds. The Labute approximate surface area is 164 Å². The second kappa shape index (κ2) is 10.9. The SMILES string of the molecule is CCCCOC(=O)c1ccc(NC(=O)COC(=O)c2ccc(CC)cc2)cc1. The maximum atomic E-state index is 12.0. The Morgan fingerprint density at radius 3 is 1.96 bits per heavy atom.